The maximum Gasteiger partial charge on any atom is 0.365 e. The van der Waals surface area contributed by atoms with Crippen molar-refractivity contribution < 1.29 is 18.0 Å². The van der Waals surface area contributed by atoms with E-state index in [4.69, 9.17) is 4.84 Å². The second kappa shape index (κ2) is 9.83. The lowest BCUT2D eigenvalue weighted by molar-refractivity contribution is 0.0513. The highest BCUT2D eigenvalue weighted by molar-refractivity contribution is 7.89. The number of carbonyl (C=O) groups is 1. The second-order valence-electron chi connectivity index (χ2n) is 6.53. The standard InChI is InChI=1S/C19H28N2O4S/c1-3-14-21(15-4-2)26(23,24)18-12-10-16(11-13-18)19(22)25-20-17-8-6-5-7-9-17/h10-13H,3-9,14-15H2,1-2H3. The van der Waals surface area contributed by atoms with Gasteiger partial charge in [0.2, 0.25) is 10.0 Å². The zero-order valence-corrected chi connectivity index (χ0v) is 16.4. The number of oxime groups is 1. The van der Waals surface area contributed by atoms with Crippen molar-refractivity contribution in [3.8, 4) is 0 Å². The summed E-state index contributed by atoms with van der Waals surface area (Å²) in [6.07, 6.45) is 6.60. The molecule has 0 saturated heterocycles. The molecule has 1 fully saturated rings. The van der Waals surface area contributed by atoms with E-state index in [0.717, 1.165) is 44.2 Å². The predicted molar refractivity (Wildman–Crippen MR) is 102 cm³/mol. The van der Waals surface area contributed by atoms with E-state index in [1.165, 1.54) is 35.0 Å². The van der Waals surface area contributed by atoms with Gasteiger partial charge in [0.1, 0.15) is 0 Å². The first-order chi connectivity index (χ1) is 12.5. The molecule has 26 heavy (non-hydrogen) atoms. The number of hydrogen-bond acceptors (Lipinski definition) is 5. The van der Waals surface area contributed by atoms with E-state index < -0.39 is 16.0 Å². The summed E-state index contributed by atoms with van der Waals surface area (Å²) in [4.78, 5) is 17.3. The highest BCUT2D eigenvalue weighted by atomic mass is 32.2. The molecule has 2 rings (SSSR count). The van der Waals surface area contributed by atoms with Gasteiger partial charge in [-0.3, -0.25) is 0 Å². The lowest BCUT2D eigenvalue weighted by atomic mass is 9.99. The third kappa shape index (κ3) is 5.38. The average molecular weight is 381 g/mol. The van der Waals surface area contributed by atoms with E-state index >= 15 is 0 Å². The van der Waals surface area contributed by atoms with Crippen LogP contribution in [0.4, 0.5) is 0 Å². The van der Waals surface area contributed by atoms with Gasteiger partial charge in [0.05, 0.1) is 16.2 Å². The van der Waals surface area contributed by atoms with Crippen molar-refractivity contribution >= 4 is 21.7 Å². The van der Waals surface area contributed by atoms with Crippen LogP contribution in [0.2, 0.25) is 0 Å². The highest BCUT2D eigenvalue weighted by Crippen LogP contribution is 2.18. The smallest absolute Gasteiger partial charge is 0.313 e. The summed E-state index contributed by atoms with van der Waals surface area (Å²) in [5, 5.41) is 3.95. The number of carbonyl (C=O) groups excluding carboxylic acids is 1. The Balaban J connectivity index is 2.07. The molecule has 1 aromatic rings. The minimum absolute atomic E-state index is 0.189. The van der Waals surface area contributed by atoms with Crippen LogP contribution in [0.1, 0.15) is 69.2 Å². The zero-order valence-electron chi connectivity index (χ0n) is 15.6. The first-order valence-electron chi connectivity index (χ1n) is 9.36. The fraction of sp³-hybridized carbons (Fsp3) is 0.579. The molecule has 1 aliphatic rings. The molecule has 0 radical (unpaired) electrons. The molecule has 0 amide bonds. The molecule has 0 aromatic heterocycles. The van der Waals surface area contributed by atoms with Gasteiger partial charge in [-0.2, -0.15) is 4.31 Å². The number of nitrogens with zero attached hydrogens (tertiary/aromatic N) is 2. The molecule has 1 aromatic carbocycles. The van der Waals surface area contributed by atoms with Crippen LogP contribution in [0, 0.1) is 0 Å². The van der Waals surface area contributed by atoms with Crippen LogP contribution < -0.4 is 0 Å². The van der Waals surface area contributed by atoms with Crippen molar-refractivity contribution in [1.29, 1.82) is 0 Å². The largest absolute Gasteiger partial charge is 0.365 e. The molecule has 0 N–H and O–H groups in total. The van der Waals surface area contributed by atoms with Crippen LogP contribution in [0.5, 0.6) is 0 Å². The number of benzene rings is 1. The molecule has 7 heteroatoms. The van der Waals surface area contributed by atoms with E-state index in [1.54, 1.807) is 0 Å². The summed E-state index contributed by atoms with van der Waals surface area (Å²) in [7, 11) is -3.54. The molecule has 0 spiro atoms. The molecule has 0 bridgehead atoms. The van der Waals surface area contributed by atoms with Crippen molar-refractivity contribution in [3.05, 3.63) is 29.8 Å². The van der Waals surface area contributed by atoms with Gasteiger partial charge in [0.25, 0.3) is 0 Å². The second-order valence-corrected chi connectivity index (χ2v) is 8.46. The summed E-state index contributed by atoms with van der Waals surface area (Å²) < 4.78 is 26.9. The maximum atomic E-state index is 12.7. The number of rotatable bonds is 8. The van der Waals surface area contributed by atoms with E-state index in [-0.39, 0.29) is 4.90 Å². The topological polar surface area (TPSA) is 76.0 Å². The number of hydrogen-bond donors (Lipinski definition) is 0. The van der Waals surface area contributed by atoms with Crippen molar-refractivity contribution in [2.24, 2.45) is 5.16 Å². The molecule has 0 unspecified atom stereocenters. The number of sulfonamides is 1. The Hall–Kier alpha value is -1.73. The zero-order chi connectivity index (χ0) is 19.0. The Labute approximate surface area is 156 Å². The monoisotopic (exact) mass is 380 g/mol. The van der Waals surface area contributed by atoms with Crippen molar-refractivity contribution in [3.63, 3.8) is 0 Å². The van der Waals surface area contributed by atoms with Gasteiger partial charge in [-0.05, 0) is 62.8 Å². The minimum Gasteiger partial charge on any atom is -0.313 e. The van der Waals surface area contributed by atoms with Gasteiger partial charge < -0.3 is 4.84 Å². The van der Waals surface area contributed by atoms with Crippen LogP contribution >= 0.6 is 0 Å². The molecular weight excluding hydrogens is 352 g/mol. The van der Waals surface area contributed by atoms with Crippen molar-refractivity contribution in [1.82, 2.24) is 4.31 Å². The van der Waals surface area contributed by atoms with Crippen LogP contribution in [0.15, 0.2) is 34.3 Å². The normalized spacial score (nSPS) is 15.1. The Morgan fingerprint density at radius 2 is 1.62 bits per heavy atom. The van der Waals surface area contributed by atoms with Gasteiger partial charge in [0, 0.05) is 13.1 Å². The fourth-order valence-electron chi connectivity index (χ4n) is 2.97. The molecule has 1 saturated carbocycles. The molecule has 0 atom stereocenters. The summed E-state index contributed by atoms with van der Waals surface area (Å²) in [6.45, 7) is 4.87. The molecular formula is C19H28N2O4S. The van der Waals surface area contributed by atoms with Gasteiger partial charge >= 0.3 is 5.97 Å². The Bertz CT molecular complexity index is 712. The van der Waals surface area contributed by atoms with Crippen LogP contribution in [0.25, 0.3) is 0 Å². The lowest BCUT2D eigenvalue weighted by Gasteiger charge is -2.21. The SMILES string of the molecule is CCCN(CCC)S(=O)(=O)c1ccc(C(=O)ON=C2CCCCC2)cc1. The lowest BCUT2D eigenvalue weighted by Crippen LogP contribution is -2.32. The quantitative estimate of drug-likeness (QED) is 0.505. The van der Waals surface area contributed by atoms with Gasteiger partial charge in [-0.25, -0.2) is 13.2 Å². The molecule has 0 aliphatic heterocycles. The van der Waals surface area contributed by atoms with Crippen LogP contribution in [-0.2, 0) is 14.9 Å². The first kappa shape index (κ1) is 20.6. The summed E-state index contributed by atoms with van der Waals surface area (Å²) >= 11 is 0. The molecule has 6 nitrogen and oxygen atoms in total. The van der Waals surface area contributed by atoms with Gasteiger partial charge in [-0.15, -0.1) is 0 Å². The third-order valence-electron chi connectivity index (χ3n) is 4.36. The Kier molecular flexibility index (Phi) is 7.78. The van der Waals surface area contributed by atoms with Crippen molar-refractivity contribution in [2.45, 2.75) is 63.7 Å². The molecule has 0 heterocycles. The van der Waals surface area contributed by atoms with E-state index in [9.17, 15) is 13.2 Å². The fourth-order valence-corrected chi connectivity index (χ4v) is 4.60. The predicted octanol–water partition coefficient (Wildman–Crippen LogP) is 3.97. The molecule has 144 valence electrons. The summed E-state index contributed by atoms with van der Waals surface area (Å²) in [5.74, 6) is -0.564. The van der Waals surface area contributed by atoms with Crippen molar-refractivity contribution in [2.75, 3.05) is 13.1 Å². The minimum atomic E-state index is -3.54. The summed E-state index contributed by atoms with van der Waals surface area (Å²) in [6, 6.07) is 5.87. The highest BCUT2D eigenvalue weighted by Gasteiger charge is 2.23. The van der Waals surface area contributed by atoms with Gasteiger partial charge in [-0.1, -0.05) is 25.4 Å². The average Bonchev–Trinajstić information content (AvgIpc) is 2.67. The first-order valence-corrected chi connectivity index (χ1v) is 10.8. The van der Waals surface area contributed by atoms with E-state index in [0.29, 0.717) is 18.7 Å². The summed E-state index contributed by atoms with van der Waals surface area (Å²) in [5.41, 5.74) is 1.21. The van der Waals surface area contributed by atoms with Crippen LogP contribution in [-0.4, -0.2) is 37.5 Å². The van der Waals surface area contributed by atoms with Crippen LogP contribution in [0.3, 0.4) is 0 Å². The maximum absolute atomic E-state index is 12.7. The Morgan fingerprint density at radius 3 is 2.15 bits per heavy atom. The van der Waals surface area contributed by atoms with Gasteiger partial charge in [0.15, 0.2) is 0 Å². The third-order valence-corrected chi connectivity index (χ3v) is 6.28. The van der Waals surface area contributed by atoms with E-state index in [2.05, 4.69) is 5.16 Å². The Morgan fingerprint density at radius 1 is 1.04 bits per heavy atom. The molecule has 1 aliphatic carbocycles. The van der Waals surface area contributed by atoms with E-state index in [1.807, 2.05) is 13.8 Å².